The summed E-state index contributed by atoms with van der Waals surface area (Å²) in [6.07, 6.45) is 0.375. The number of hydrogen-bond acceptors (Lipinski definition) is 3. The topological polar surface area (TPSA) is 58.6 Å². The van der Waals surface area contributed by atoms with Gasteiger partial charge in [0.05, 0.1) is 5.02 Å². The SMILES string of the molecule is CC(C)NC(=O)C(Cc1ccccc1)N(Cc1ccccc1)C(=O)COc1ccc(Cl)cc1Cl. The molecule has 3 aromatic carbocycles. The van der Waals surface area contributed by atoms with Gasteiger partial charge in [0.15, 0.2) is 6.61 Å². The molecule has 0 saturated heterocycles. The van der Waals surface area contributed by atoms with Crippen LogP contribution in [0.3, 0.4) is 0 Å². The number of amides is 2. The summed E-state index contributed by atoms with van der Waals surface area (Å²) in [5.41, 5.74) is 1.87. The van der Waals surface area contributed by atoms with Gasteiger partial charge in [-0.05, 0) is 43.2 Å². The van der Waals surface area contributed by atoms with E-state index in [1.165, 1.54) is 0 Å². The predicted octanol–water partition coefficient (Wildman–Crippen LogP) is 5.54. The number of halogens is 2. The number of nitrogens with zero attached hydrogens (tertiary/aromatic N) is 1. The summed E-state index contributed by atoms with van der Waals surface area (Å²) in [5, 5.41) is 3.75. The molecule has 0 aliphatic rings. The van der Waals surface area contributed by atoms with Crippen molar-refractivity contribution in [2.75, 3.05) is 6.61 Å². The average molecular weight is 499 g/mol. The Morgan fingerprint density at radius 2 is 1.53 bits per heavy atom. The van der Waals surface area contributed by atoms with Gasteiger partial charge in [-0.15, -0.1) is 0 Å². The van der Waals surface area contributed by atoms with Gasteiger partial charge in [0.1, 0.15) is 11.8 Å². The molecule has 0 aromatic heterocycles. The second-order valence-electron chi connectivity index (χ2n) is 8.24. The van der Waals surface area contributed by atoms with E-state index >= 15 is 0 Å². The van der Waals surface area contributed by atoms with Crippen LogP contribution >= 0.6 is 23.2 Å². The lowest BCUT2D eigenvalue weighted by Gasteiger charge is -2.32. The number of nitrogens with one attached hydrogen (secondary N) is 1. The third-order valence-electron chi connectivity index (χ3n) is 5.14. The van der Waals surface area contributed by atoms with Crippen LogP contribution in [0.2, 0.25) is 10.0 Å². The van der Waals surface area contributed by atoms with E-state index in [-0.39, 0.29) is 31.0 Å². The van der Waals surface area contributed by atoms with Crippen LogP contribution in [0.1, 0.15) is 25.0 Å². The lowest BCUT2D eigenvalue weighted by atomic mass is 10.0. The van der Waals surface area contributed by atoms with E-state index in [0.29, 0.717) is 22.2 Å². The number of rotatable bonds is 10. The Hall–Kier alpha value is -3.02. The van der Waals surface area contributed by atoms with Gasteiger partial charge in [-0.25, -0.2) is 0 Å². The summed E-state index contributed by atoms with van der Waals surface area (Å²) in [5.74, 6) is -0.187. The smallest absolute Gasteiger partial charge is 0.261 e. The first-order chi connectivity index (χ1) is 16.3. The maximum atomic E-state index is 13.5. The molecule has 0 aliphatic heterocycles. The third-order valence-corrected chi connectivity index (χ3v) is 5.67. The first-order valence-electron chi connectivity index (χ1n) is 11.1. The second kappa shape index (κ2) is 12.4. The predicted molar refractivity (Wildman–Crippen MR) is 136 cm³/mol. The van der Waals surface area contributed by atoms with Gasteiger partial charge in [0, 0.05) is 24.0 Å². The summed E-state index contributed by atoms with van der Waals surface area (Å²) >= 11 is 12.2. The van der Waals surface area contributed by atoms with Crippen molar-refractivity contribution in [1.29, 1.82) is 0 Å². The van der Waals surface area contributed by atoms with Gasteiger partial charge in [0.2, 0.25) is 5.91 Å². The fourth-order valence-electron chi connectivity index (χ4n) is 3.53. The van der Waals surface area contributed by atoms with Crippen LogP contribution in [0.5, 0.6) is 5.75 Å². The van der Waals surface area contributed by atoms with E-state index in [0.717, 1.165) is 11.1 Å². The van der Waals surface area contributed by atoms with Gasteiger partial charge < -0.3 is 15.0 Å². The Kier molecular flexibility index (Phi) is 9.37. The minimum Gasteiger partial charge on any atom is -0.482 e. The Balaban J connectivity index is 1.89. The first-order valence-corrected chi connectivity index (χ1v) is 11.8. The van der Waals surface area contributed by atoms with E-state index < -0.39 is 6.04 Å². The van der Waals surface area contributed by atoms with E-state index in [4.69, 9.17) is 27.9 Å². The summed E-state index contributed by atoms with van der Waals surface area (Å²) in [6, 6.07) is 23.3. The molecule has 0 heterocycles. The highest BCUT2D eigenvalue weighted by Crippen LogP contribution is 2.27. The molecule has 2 amide bonds. The van der Waals surface area contributed by atoms with Crippen molar-refractivity contribution in [2.45, 2.75) is 38.9 Å². The van der Waals surface area contributed by atoms with Crippen molar-refractivity contribution in [1.82, 2.24) is 10.2 Å². The second-order valence-corrected chi connectivity index (χ2v) is 9.08. The average Bonchev–Trinajstić information content (AvgIpc) is 2.81. The van der Waals surface area contributed by atoms with Gasteiger partial charge in [0.25, 0.3) is 5.91 Å². The zero-order chi connectivity index (χ0) is 24.5. The fourth-order valence-corrected chi connectivity index (χ4v) is 3.99. The molecule has 3 aromatic rings. The van der Waals surface area contributed by atoms with Crippen LogP contribution in [0.25, 0.3) is 0 Å². The van der Waals surface area contributed by atoms with Crippen molar-refractivity contribution in [3.63, 3.8) is 0 Å². The molecule has 1 N–H and O–H groups in total. The summed E-state index contributed by atoms with van der Waals surface area (Å²) in [4.78, 5) is 28.3. The first kappa shape index (κ1) is 25.6. The Bertz CT molecular complexity index is 1090. The Morgan fingerprint density at radius 3 is 2.12 bits per heavy atom. The molecule has 5 nitrogen and oxygen atoms in total. The van der Waals surface area contributed by atoms with Crippen LogP contribution < -0.4 is 10.1 Å². The van der Waals surface area contributed by atoms with Crippen molar-refractivity contribution in [2.24, 2.45) is 0 Å². The van der Waals surface area contributed by atoms with Crippen LogP contribution in [-0.4, -0.2) is 35.4 Å². The number of benzene rings is 3. The molecule has 0 saturated carbocycles. The maximum absolute atomic E-state index is 13.5. The van der Waals surface area contributed by atoms with Gasteiger partial charge >= 0.3 is 0 Å². The van der Waals surface area contributed by atoms with E-state index in [1.54, 1.807) is 23.1 Å². The number of carbonyl (C=O) groups excluding carboxylic acids is 2. The Labute approximate surface area is 210 Å². The molecule has 0 aliphatic carbocycles. The van der Waals surface area contributed by atoms with Gasteiger partial charge in [-0.3, -0.25) is 9.59 Å². The standard InChI is InChI=1S/C27H28Cl2N2O3/c1-19(2)30-27(33)24(15-20-9-5-3-6-10-20)31(17-21-11-7-4-8-12-21)26(32)18-34-25-14-13-22(28)16-23(25)29/h3-14,16,19,24H,15,17-18H2,1-2H3,(H,30,33). The molecular weight excluding hydrogens is 471 g/mol. The Morgan fingerprint density at radius 1 is 0.912 bits per heavy atom. The zero-order valence-corrected chi connectivity index (χ0v) is 20.7. The fraction of sp³-hybridized carbons (Fsp3) is 0.259. The van der Waals surface area contributed by atoms with Crippen LogP contribution in [0.15, 0.2) is 78.9 Å². The molecule has 34 heavy (non-hydrogen) atoms. The molecule has 1 atom stereocenters. The van der Waals surface area contributed by atoms with Crippen molar-refractivity contribution < 1.29 is 14.3 Å². The van der Waals surface area contributed by atoms with Crippen LogP contribution in [0, 0.1) is 0 Å². The van der Waals surface area contributed by atoms with E-state index in [1.807, 2.05) is 74.5 Å². The molecule has 0 radical (unpaired) electrons. The van der Waals surface area contributed by atoms with Gasteiger partial charge in [-0.1, -0.05) is 83.9 Å². The minimum absolute atomic E-state index is 0.0661. The van der Waals surface area contributed by atoms with Gasteiger partial charge in [-0.2, -0.15) is 0 Å². The minimum atomic E-state index is -0.721. The summed E-state index contributed by atoms with van der Waals surface area (Å²) in [7, 11) is 0. The number of ether oxygens (including phenoxy) is 1. The normalized spacial score (nSPS) is 11.7. The molecule has 3 rings (SSSR count). The van der Waals surface area contributed by atoms with E-state index in [2.05, 4.69) is 5.32 Å². The maximum Gasteiger partial charge on any atom is 0.261 e. The third kappa shape index (κ3) is 7.51. The largest absolute Gasteiger partial charge is 0.482 e. The van der Waals surface area contributed by atoms with Crippen LogP contribution in [0.4, 0.5) is 0 Å². The molecule has 178 valence electrons. The lowest BCUT2D eigenvalue weighted by molar-refractivity contribution is -0.143. The van der Waals surface area contributed by atoms with E-state index in [9.17, 15) is 9.59 Å². The molecule has 0 bridgehead atoms. The molecular formula is C27H28Cl2N2O3. The summed E-state index contributed by atoms with van der Waals surface area (Å²) < 4.78 is 5.72. The lowest BCUT2D eigenvalue weighted by Crippen LogP contribution is -2.52. The highest BCUT2D eigenvalue weighted by Gasteiger charge is 2.31. The molecule has 7 heteroatoms. The molecule has 1 unspecified atom stereocenters. The quantitative estimate of drug-likeness (QED) is 0.399. The van der Waals surface area contributed by atoms with Crippen molar-refractivity contribution >= 4 is 35.0 Å². The van der Waals surface area contributed by atoms with Crippen molar-refractivity contribution in [3.05, 3.63) is 100 Å². The molecule has 0 spiro atoms. The molecule has 0 fully saturated rings. The highest BCUT2D eigenvalue weighted by atomic mass is 35.5. The highest BCUT2D eigenvalue weighted by molar-refractivity contribution is 6.35. The zero-order valence-electron chi connectivity index (χ0n) is 19.2. The summed E-state index contributed by atoms with van der Waals surface area (Å²) in [6.45, 7) is 3.79. The monoisotopic (exact) mass is 498 g/mol. The van der Waals surface area contributed by atoms with Crippen LogP contribution in [-0.2, 0) is 22.6 Å². The number of carbonyl (C=O) groups is 2. The van der Waals surface area contributed by atoms with Crippen molar-refractivity contribution in [3.8, 4) is 5.75 Å². The number of hydrogen-bond donors (Lipinski definition) is 1.